The highest BCUT2D eigenvalue weighted by atomic mass is 35.5. The molecule has 3 rings (SSSR count). The summed E-state index contributed by atoms with van der Waals surface area (Å²) in [5, 5.41) is 13.5. The van der Waals surface area contributed by atoms with Crippen LogP contribution in [0.15, 0.2) is 42.5 Å². The van der Waals surface area contributed by atoms with E-state index in [1.165, 1.54) is 7.11 Å². The van der Waals surface area contributed by atoms with Gasteiger partial charge in [-0.25, -0.2) is 4.39 Å². The van der Waals surface area contributed by atoms with Gasteiger partial charge in [-0.1, -0.05) is 12.1 Å². The predicted molar refractivity (Wildman–Crippen MR) is 107 cm³/mol. The van der Waals surface area contributed by atoms with Crippen molar-refractivity contribution in [1.82, 2.24) is 4.98 Å². The van der Waals surface area contributed by atoms with Crippen LogP contribution in [-0.4, -0.2) is 29.5 Å². The van der Waals surface area contributed by atoms with Crippen molar-refractivity contribution in [2.75, 3.05) is 12.4 Å². The van der Waals surface area contributed by atoms with E-state index in [9.17, 15) is 22.7 Å². The van der Waals surface area contributed by atoms with Crippen LogP contribution in [-0.2, 0) is 5.88 Å². The molecule has 160 valence electrons. The van der Waals surface area contributed by atoms with Crippen LogP contribution < -0.4 is 10.1 Å². The molecule has 0 saturated carbocycles. The number of hydrogen-bond acceptors (Lipinski definition) is 4. The standard InChI is InChI=1S/C21H19ClF4N2O2/c1-11-6-7-13-16(27-11)4-3-5-17(13)28-18(20(29)21(24,25)26)12-8-9-15(23)19(30-2)14(12)10-22/h3-9,18,20,28-29H,10H2,1-2H3. The lowest BCUT2D eigenvalue weighted by Gasteiger charge is -2.29. The van der Waals surface area contributed by atoms with E-state index in [0.717, 1.165) is 17.8 Å². The molecule has 0 aliphatic rings. The monoisotopic (exact) mass is 442 g/mol. The quantitative estimate of drug-likeness (QED) is 0.390. The van der Waals surface area contributed by atoms with E-state index in [0.29, 0.717) is 16.6 Å². The third kappa shape index (κ3) is 4.29. The van der Waals surface area contributed by atoms with E-state index >= 15 is 0 Å². The predicted octanol–water partition coefficient (Wildman–Crippen LogP) is 5.51. The highest BCUT2D eigenvalue weighted by Crippen LogP contribution is 2.39. The molecule has 0 aliphatic heterocycles. The molecule has 30 heavy (non-hydrogen) atoms. The molecule has 2 unspecified atom stereocenters. The lowest BCUT2D eigenvalue weighted by Crippen LogP contribution is -2.38. The molecule has 0 saturated heterocycles. The molecular weight excluding hydrogens is 424 g/mol. The Bertz CT molecular complexity index is 1060. The zero-order valence-electron chi connectivity index (χ0n) is 16.1. The van der Waals surface area contributed by atoms with E-state index in [-0.39, 0.29) is 22.8 Å². The second kappa shape index (κ2) is 8.65. The van der Waals surface area contributed by atoms with Crippen LogP contribution in [0.4, 0.5) is 23.2 Å². The molecule has 1 heterocycles. The van der Waals surface area contributed by atoms with Crippen LogP contribution in [0, 0.1) is 12.7 Å². The minimum absolute atomic E-state index is 0.0224. The van der Waals surface area contributed by atoms with Crippen LogP contribution in [0.2, 0.25) is 0 Å². The average molecular weight is 443 g/mol. The van der Waals surface area contributed by atoms with Crippen molar-refractivity contribution in [1.29, 1.82) is 0 Å². The molecule has 4 nitrogen and oxygen atoms in total. The maximum Gasteiger partial charge on any atom is 0.416 e. The number of nitrogens with zero attached hydrogens (tertiary/aromatic N) is 1. The van der Waals surface area contributed by atoms with Gasteiger partial charge in [-0.3, -0.25) is 4.98 Å². The Kier molecular flexibility index (Phi) is 6.38. The molecular formula is C21H19ClF4N2O2. The summed E-state index contributed by atoms with van der Waals surface area (Å²) in [6.07, 6.45) is -7.73. The first-order chi connectivity index (χ1) is 14.2. The number of anilines is 1. The fraction of sp³-hybridized carbons (Fsp3) is 0.286. The van der Waals surface area contributed by atoms with E-state index in [1.807, 2.05) is 0 Å². The first-order valence-corrected chi connectivity index (χ1v) is 9.49. The van der Waals surface area contributed by atoms with Gasteiger partial charge in [0.2, 0.25) is 0 Å². The van der Waals surface area contributed by atoms with Gasteiger partial charge in [0, 0.05) is 22.3 Å². The Morgan fingerprint density at radius 1 is 1.17 bits per heavy atom. The lowest BCUT2D eigenvalue weighted by atomic mass is 9.94. The van der Waals surface area contributed by atoms with E-state index in [2.05, 4.69) is 10.3 Å². The highest BCUT2D eigenvalue weighted by Gasteiger charge is 2.45. The second-order valence-corrected chi connectivity index (χ2v) is 6.98. The third-order valence-electron chi connectivity index (χ3n) is 4.75. The molecule has 2 aromatic carbocycles. The van der Waals surface area contributed by atoms with E-state index in [4.69, 9.17) is 16.3 Å². The Morgan fingerprint density at radius 2 is 1.90 bits per heavy atom. The molecule has 0 fully saturated rings. The minimum Gasteiger partial charge on any atom is -0.493 e. The molecule has 0 spiro atoms. The van der Waals surface area contributed by atoms with Crippen molar-refractivity contribution in [2.45, 2.75) is 31.1 Å². The van der Waals surface area contributed by atoms with Crippen molar-refractivity contribution >= 4 is 28.2 Å². The number of methoxy groups -OCH3 is 1. The Balaban J connectivity index is 2.17. The van der Waals surface area contributed by atoms with Gasteiger partial charge < -0.3 is 15.2 Å². The first kappa shape index (κ1) is 22.1. The number of nitrogens with one attached hydrogen (secondary N) is 1. The van der Waals surface area contributed by atoms with Crippen LogP contribution in [0.1, 0.15) is 22.9 Å². The van der Waals surface area contributed by atoms with Gasteiger partial charge in [-0.15, -0.1) is 11.6 Å². The SMILES string of the molecule is COc1c(F)ccc(C(Nc2cccc3nc(C)ccc23)C(O)C(F)(F)F)c1CCl. The number of halogens is 5. The number of alkyl halides is 4. The summed E-state index contributed by atoms with van der Waals surface area (Å²) in [7, 11) is 1.19. The molecule has 0 bridgehead atoms. The molecule has 0 aliphatic carbocycles. The van der Waals surface area contributed by atoms with Gasteiger partial charge in [-0.05, 0) is 42.8 Å². The van der Waals surface area contributed by atoms with Crippen molar-refractivity contribution in [3.8, 4) is 5.75 Å². The lowest BCUT2D eigenvalue weighted by molar-refractivity contribution is -0.208. The number of aliphatic hydroxyl groups is 1. The Hall–Kier alpha value is -2.58. The largest absolute Gasteiger partial charge is 0.493 e. The summed E-state index contributed by atoms with van der Waals surface area (Å²) in [6.45, 7) is 1.80. The number of aromatic nitrogens is 1. The zero-order valence-corrected chi connectivity index (χ0v) is 16.9. The van der Waals surface area contributed by atoms with Crippen LogP contribution in [0.25, 0.3) is 10.9 Å². The van der Waals surface area contributed by atoms with Gasteiger partial charge in [0.05, 0.1) is 24.5 Å². The van der Waals surface area contributed by atoms with Crippen LogP contribution in [0.3, 0.4) is 0 Å². The van der Waals surface area contributed by atoms with Crippen molar-refractivity contribution < 1.29 is 27.4 Å². The van der Waals surface area contributed by atoms with Crippen LogP contribution >= 0.6 is 11.6 Å². The number of hydrogen-bond donors (Lipinski definition) is 2. The summed E-state index contributed by atoms with van der Waals surface area (Å²) in [4.78, 5) is 4.37. The minimum atomic E-state index is -4.94. The fourth-order valence-electron chi connectivity index (χ4n) is 3.33. The maximum atomic E-state index is 14.1. The summed E-state index contributed by atoms with van der Waals surface area (Å²) in [5.74, 6) is -1.34. The van der Waals surface area contributed by atoms with Gasteiger partial charge >= 0.3 is 6.18 Å². The molecule has 1 aromatic heterocycles. The second-order valence-electron chi connectivity index (χ2n) is 6.72. The summed E-state index contributed by atoms with van der Waals surface area (Å²) < 4.78 is 59.6. The van der Waals surface area contributed by atoms with Gasteiger partial charge in [0.15, 0.2) is 17.7 Å². The smallest absolute Gasteiger partial charge is 0.416 e. The Labute approximate surface area is 175 Å². The van der Waals surface area contributed by atoms with Crippen molar-refractivity contribution in [3.63, 3.8) is 0 Å². The topological polar surface area (TPSA) is 54.4 Å². The molecule has 2 N–H and O–H groups in total. The number of benzene rings is 2. The Morgan fingerprint density at radius 3 is 2.53 bits per heavy atom. The fourth-order valence-corrected chi connectivity index (χ4v) is 3.61. The van der Waals surface area contributed by atoms with Crippen molar-refractivity contribution in [3.05, 3.63) is 65.1 Å². The number of pyridine rings is 1. The molecule has 3 aromatic rings. The van der Waals surface area contributed by atoms with Gasteiger partial charge in [-0.2, -0.15) is 13.2 Å². The third-order valence-corrected chi connectivity index (χ3v) is 5.02. The highest BCUT2D eigenvalue weighted by molar-refractivity contribution is 6.17. The van der Waals surface area contributed by atoms with Crippen molar-refractivity contribution in [2.24, 2.45) is 0 Å². The summed E-state index contributed by atoms with van der Waals surface area (Å²) in [5.41, 5.74) is 1.66. The molecule has 9 heteroatoms. The summed E-state index contributed by atoms with van der Waals surface area (Å²) in [6, 6.07) is 8.89. The number of aliphatic hydroxyl groups excluding tert-OH is 1. The maximum absolute atomic E-state index is 14.1. The van der Waals surface area contributed by atoms with E-state index in [1.54, 1.807) is 37.3 Å². The van der Waals surface area contributed by atoms with Gasteiger partial charge in [0.1, 0.15) is 0 Å². The van der Waals surface area contributed by atoms with Crippen LogP contribution in [0.5, 0.6) is 5.75 Å². The van der Waals surface area contributed by atoms with E-state index < -0.39 is 24.1 Å². The number of rotatable bonds is 6. The zero-order chi connectivity index (χ0) is 22.1. The number of ether oxygens (including phenoxy) is 1. The normalized spacial score (nSPS) is 13.9. The average Bonchev–Trinajstić information content (AvgIpc) is 2.70. The molecule has 0 amide bonds. The first-order valence-electron chi connectivity index (χ1n) is 8.96. The van der Waals surface area contributed by atoms with Gasteiger partial charge in [0.25, 0.3) is 0 Å². The number of aryl methyl sites for hydroxylation is 1. The molecule has 2 atom stereocenters. The molecule has 0 radical (unpaired) electrons. The number of fused-ring (bicyclic) bond motifs is 1. The summed E-state index contributed by atoms with van der Waals surface area (Å²) >= 11 is 5.92.